The highest BCUT2D eigenvalue weighted by Crippen LogP contribution is 2.54. The van der Waals surface area contributed by atoms with Crippen LogP contribution < -0.4 is 0 Å². The van der Waals surface area contributed by atoms with Gasteiger partial charge in [0, 0.05) is 33.2 Å². The van der Waals surface area contributed by atoms with Crippen LogP contribution in [-0.2, 0) is 42.4 Å². The van der Waals surface area contributed by atoms with Gasteiger partial charge in [-0.15, -0.1) is 0 Å². The van der Waals surface area contributed by atoms with Crippen LogP contribution in [0.3, 0.4) is 0 Å². The molecular formula is C39H64O9Si. The molecule has 0 aromatic rings. The monoisotopic (exact) mass is 704 g/mol. The van der Waals surface area contributed by atoms with Gasteiger partial charge in [-0.3, -0.25) is 9.59 Å². The summed E-state index contributed by atoms with van der Waals surface area (Å²) in [5.41, 5.74) is 0.795. The zero-order chi connectivity index (χ0) is 35.8. The van der Waals surface area contributed by atoms with Crippen molar-refractivity contribution in [1.82, 2.24) is 0 Å². The van der Waals surface area contributed by atoms with Crippen molar-refractivity contribution in [2.45, 2.75) is 154 Å². The zero-order valence-electron chi connectivity index (χ0n) is 31.9. The fourth-order valence-electron chi connectivity index (χ4n) is 9.02. The molecule has 10 heteroatoms. The third kappa shape index (κ3) is 8.01. The molecule has 3 fully saturated rings. The molecule has 0 bridgehead atoms. The molecule has 2 saturated heterocycles. The molecule has 0 aromatic heterocycles. The minimum Gasteiger partial charge on any atom is -0.462 e. The Balaban J connectivity index is 1.39. The molecule has 2 aliphatic heterocycles. The number of hydrogen-bond donors (Lipinski definition) is 0. The van der Waals surface area contributed by atoms with Gasteiger partial charge in [0.2, 0.25) is 0 Å². The number of Topliss-reactive ketones (excluding diaryl/α,β-unsaturated/α-hetero) is 1. The van der Waals surface area contributed by atoms with E-state index in [0.29, 0.717) is 11.8 Å². The molecule has 49 heavy (non-hydrogen) atoms. The lowest BCUT2D eigenvalue weighted by molar-refractivity contribution is -0.314. The van der Waals surface area contributed by atoms with Crippen LogP contribution >= 0.6 is 0 Å². The minimum absolute atomic E-state index is 0.0336. The number of carbonyl (C=O) groups excluding carboxylic acids is 2. The predicted octanol–water partition coefficient (Wildman–Crippen LogP) is 7.04. The van der Waals surface area contributed by atoms with E-state index in [1.807, 2.05) is 6.92 Å². The van der Waals surface area contributed by atoms with Gasteiger partial charge in [-0.1, -0.05) is 52.8 Å². The Bertz CT molecular complexity index is 1230. The Kier molecular flexibility index (Phi) is 12.4. The fraction of sp³-hybridized carbons (Fsp3) is 0.846. The van der Waals surface area contributed by atoms with E-state index < -0.39 is 20.7 Å². The number of carbonyl (C=O) groups is 2. The van der Waals surface area contributed by atoms with Crippen LogP contribution in [0.15, 0.2) is 23.8 Å². The summed E-state index contributed by atoms with van der Waals surface area (Å²) in [4.78, 5) is 28.1. The maximum atomic E-state index is 14.6. The molecule has 14 atom stereocenters. The third-order valence-electron chi connectivity index (χ3n) is 12.9. The first-order valence-electron chi connectivity index (χ1n) is 18.8. The summed E-state index contributed by atoms with van der Waals surface area (Å²) in [6.07, 6.45) is 9.81. The second-order valence-corrected chi connectivity index (χ2v) is 21.6. The molecule has 0 amide bonds. The molecule has 3 aliphatic carbocycles. The van der Waals surface area contributed by atoms with Gasteiger partial charge in [0.15, 0.2) is 20.4 Å². The van der Waals surface area contributed by atoms with E-state index in [0.717, 1.165) is 44.1 Å². The molecule has 9 nitrogen and oxygen atoms in total. The quantitative estimate of drug-likeness (QED) is 0.150. The van der Waals surface area contributed by atoms with Crippen molar-refractivity contribution >= 4 is 20.1 Å². The highest BCUT2D eigenvalue weighted by atomic mass is 28.4. The summed E-state index contributed by atoms with van der Waals surface area (Å²) in [6.45, 7) is 17.4. The van der Waals surface area contributed by atoms with Gasteiger partial charge in [0.05, 0.1) is 24.7 Å². The summed E-state index contributed by atoms with van der Waals surface area (Å²) in [7, 11) is 2.84. The van der Waals surface area contributed by atoms with Gasteiger partial charge in [0.25, 0.3) is 0 Å². The molecule has 0 aromatic carbocycles. The molecule has 0 unspecified atom stereocenters. The largest absolute Gasteiger partial charge is 0.462 e. The SMILES string of the molecule is CC[C@H]1CCC[C@H](O[Si](C)(C)C(C)(C)C)[C@@H](C)C(=O)C2=C[C@@H]3[C@@H](C=C[C@@H]4C[C@@H](O[C@@H]5O[C@H](C)[C@H](OC)[C@@H](OC)[C@H]5OC)C[C@@H]34)[C@@H]2CC(=O)O1. The maximum Gasteiger partial charge on any atom is 0.306 e. The van der Waals surface area contributed by atoms with Gasteiger partial charge < -0.3 is 32.8 Å². The maximum absolute atomic E-state index is 14.6. The average Bonchev–Trinajstić information content (AvgIpc) is 3.62. The lowest BCUT2D eigenvalue weighted by Gasteiger charge is -2.44. The molecule has 5 rings (SSSR count). The highest BCUT2D eigenvalue weighted by Gasteiger charge is 2.53. The van der Waals surface area contributed by atoms with E-state index in [2.05, 4.69) is 65.9 Å². The summed E-state index contributed by atoms with van der Waals surface area (Å²) in [6, 6.07) is 0. The Morgan fingerprint density at radius 1 is 0.918 bits per heavy atom. The van der Waals surface area contributed by atoms with Crippen molar-refractivity contribution in [3.05, 3.63) is 23.8 Å². The molecule has 2 heterocycles. The number of methoxy groups -OCH3 is 3. The summed E-state index contributed by atoms with van der Waals surface area (Å²) in [5, 5.41) is 0.0336. The van der Waals surface area contributed by atoms with Gasteiger partial charge in [-0.05, 0) is 92.8 Å². The van der Waals surface area contributed by atoms with Gasteiger partial charge in [0.1, 0.15) is 24.4 Å². The first-order chi connectivity index (χ1) is 23.1. The van der Waals surface area contributed by atoms with Gasteiger partial charge >= 0.3 is 5.97 Å². The summed E-state index contributed by atoms with van der Waals surface area (Å²) < 4.78 is 43.4. The Morgan fingerprint density at radius 3 is 2.24 bits per heavy atom. The standard InChI is InChI=1S/C39H64O9Si/c1-12-25-14-13-15-32(48-49(10,11)39(4,5)6)22(2)34(41)31-20-29-27(30(31)21-33(40)46-25)17-16-24-18-26(19-28(24)29)47-38-37(44-9)36(43-8)35(42-7)23(3)45-38/h16-17,20,22-30,32,35-38H,12-15,18-19,21H2,1-11H3/t22-,23-,24-,25+,26-,27-,28-,29-,30+,32+,35+,36-,37-,38+/m1/s1. The van der Waals surface area contributed by atoms with Gasteiger partial charge in [-0.2, -0.15) is 0 Å². The minimum atomic E-state index is -2.14. The summed E-state index contributed by atoms with van der Waals surface area (Å²) >= 11 is 0. The van der Waals surface area contributed by atoms with Crippen LogP contribution in [0.5, 0.6) is 0 Å². The van der Waals surface area contributed by atoms with Crippen molar-refractivity contribution < 1.29 is 42.4 Å². The smallest absolute Gasteiger partial charge is 0.306 e. The topological polar surface area (TPSA) is 98.8 Å². The Hall–Kier alpha value is -1.40. The fourth-order valence-corrected chi connectivity index (χ4v) is 10.4. The number of esters is 1. The molecule has 278 valence electrons. The van der Waals surface area contributed by atoms with Crippen molar-refractivity contribution in [2.75, 3.05) is 21.3 Å². The van der Waals surface area contributed by atoms with Crippen molar-refractivity contribution in [2.24, 2.45) is 35.5 Å². The third-order valence-corrected chi connectivity index (χ3v) is 17.4. The number of fused-ring (bicyclic) bond motifs is 5. The van der Waals surface area contributed by atoms with Crippen LogP contribution in [0.2, 0.25) is 18.1 Å². The van der Waals surface area contributed by atoms with Crippen LogP contribution in [-0.4, -0.2) is 90.4 Å². The van der Waals surface area contributed by atoms with Crippen molar-refractivity contribution in [3.8, 4) is 0 Å². The number of rotatable bonds is 8. The number of ether oxygens (including phenoxy) is 6. The average molecular weight is 705 g/mol. The molecule has 0 radical (unpaired) electrons. The molecule has 0 N–H and O–H groups in total. The number of cyclic esters (lactones) is 1. The van der Waals surface area contributed by atoms with E-state index in [-0.39, 0.29) is 83.5 Å². The van der Waals surface area contributed by atoms with E-state index in [4.69, 9.17) is 32.8 Å². The molecule has 5 aliphatic rings. The second-order valence-electron chi connectivity index (χ2n) is 16.9. The number of ketones is 1. The van der Waals surface area contributed by atoms with Crippen LogP contribution in [0, 0.1) is 35.5 Å². The van der Waals surface area contributed by atoms with Crippen molar-refractivity contribution in [1.29, 1.82) is 0 Å². The Labute approximate surface area is 296 Å². The number of allylic oxidation sites excluding steroid dienone is 4. The van der Waals surface area contributed by atoms with Crippen LogP contribution in [0.1, 0.15) is 86.5 Å². The van der Waals surface area contributed by atoms with E-state index in [9.17, 15) is 9.59 Å². The molecule has 1 saturated carbocycles. The normalized spacial score (nSPS) is 42.0. The Morgan fingerprint density at radius 2 is 1.61 bits per heavy atom. The number of hydrogen-bond acceptors (Lipinski definition) is 9. The lowest BCUT2D eigenvalue weighted by atomic mass is 9.70. The second kappa shape index (κ2) is 15.7. The van der Waals surface area contributed by atoms with E-state index in [1.165, 1.54) is 0 Å². The first kappa shape index (κ1) is 38.8. The predicted molar refractivity (Wildman–Crippen MR) is 190 cm³/mol. The van der Waals surface area contributed by atoms with Gasteiger partial charge in [-0.25, -0.2) is 0 Å². The first-order valence-corrected chi connectivity index (χ1v) is 21.8. The van der Waals surface area contributed by atoms with E-state index >= 15 is 0 Å². The molecule has 0 spiro atoms. The highest BCUT2D eigenvalue weighted by molar-refractivity contribution is 6.74. The summed E-state index contributed by atoms with van der Waals surface area (Å²) in [5.74, 6) is 0.262. The zero-order valence-corrected chi connectivity index (χ0v) is 32.9. The van der Waals surface area contributed by atoms with E-state index in [1.54, 1.807) is 21.3 Å². The molecular weight excluding hydrogens is 641 g/mol. The van der Waals surface area contributed by atoms with Crippen LogP contribution in [0.4, 0.5) is 0 Å². The van der Waals surface area contributed by atoms with Crippen LogP contribution in [0.25, 0.3) is 0 Å². The lowest BCUT2D eigenvalue weighted by Crippen LogP contribution is -2.59. The van der Waals surface area contributed by atoms with Crippen molar-refractivity contribution in [3.63, 3.8) is 0 Å².